The van der Waals surface area contributed by atoms with E-state index in [1.807, 2.05) is 7.05 Å². The summed E-state index contributed by atoms with van der Waals surface area (Å²) >= 11 is 3.68. The van der Waals surface area contributed by atoms with Gasteiger partial charge in [0, 0.05) is 61.8 Å². The van der Waals surface area contributed by atoms with E-state index in [-0.39, 0.29) is 54.0 Å². The van der Waals surface area contributed by atoms with Crippen LogP contribution in [0.4, 0.5) is 0 Å². The number of nitrogens with zero attached hydrogens (tertiary/aromatic N) is 3. The van der Waals surface area contributed by atoms with Crippen molar-refractivity contribution in [3.8, 4) is 0 Å². The molecular weight excluding hydrogens is 1040 g/mol. The third-order valence-electron chi connectivity index (χ3n) is 10.7. The van der Waals surface area contributed by atoms with Gasteiger partial charge in [0.25, 0.3) is 0 Å². The second kappa shape index (κ2) is 53.2. The zero-order valence-electron chi connectivity index (χ0n) is 37.5. The molecule has 2 aliphatic heterocycles. The van der Waals surface area contributed by atoms with E-state index < -0.39 is 0 Å². The summed E-state index contributed by atoms with van der Waals surface area (Å²) in [6, 6.07) is 0.526. The zero-order chi connectivity index (χ0) is 39.5. The van der Waals surface area contributed by atoms with Crippen molar-refractivity contribution in [2.75, 3.05) is 52.1 Å². The van der Waals surface area contributed by atoms with Crippen LogP contribution in [-0.2, 0) is 46.9 Å². The van der Waals surface area contributed by atoms with Crippen LogP contribution in [0.15, 0.2) is 0 Å². The van der Waals surface area contributed by atoms with E-state index in [1.54, 1.807) is 6.92 Å². The quantitative estimate of drug-likeness (QED) is 0.0356. The summed E-state index contributed by atoms with van der Waals surface area (Å²) in [6.07, 6.45) is 40.2. The molecule has 0 aromatic heterocycles. The van der Waals surface area contributed by atoms with Gasteiger partial charge < -0.3 is 32.7 Å². The number of likely N-dealkylation sites (tertiary alicyclic amines) is 1. The molecule has 0 aromatic rings. The molecule has 2 unspecified atom stereocenters. The summed E-state index contributed by atoms with van der Waals surface area (Å²) in [4.78, 5) is 14.1. The Hall–Kier alpha value is 1.20. The Balaban J connectivity index is -0.000000357. The molecule has 332 valence electrons. The van der Waals surface area contributed by atoms with Gasteiger partial charge in [0.05, 0.1) is 6.04 Å². The first-order valence-corrected chi connectivity index (χ1v) is 23.9. The molecule has 0 aliphatic carbocycles. The third-order valence-corrected chi connectivity index (χ3v) is 10.7. The van der Waals surface area contributed by atoms with E-state index in [0.29, 0.717) is 18.4 Å². The van der Waals surface area contributed by atoms with Gasteiger partial charge in [0.15, 0.2) is 0 Å². The minimum Gasteiger partial charge on any atom is -0.591 e. The average molecular weight is 1140 g/mol. The Morgan fingerprint density at radius 3 is 1.42 bits per heavy atom. The SMILES string of the molecule is CCCCCCCCC(CCCCCC)[N-]N1CCC1C(C)=O.CCCCCCCCCCCCCCCCO.CNCCN1CCCCC1.[CH2-]CS.[W].[W]. The smallest absolute Gasteiger partial charge is 0.145 e. The van der Waals surface area contributed by atoms with Gasteiger partial charge in [-0.3, -0.25) is 4.79 Å². The first-order valence-electron chi connectivity index (χ1n) is 23.3. The number of nitrogens with one attached hydrogen (secondary N) is 1. The van der Waals surface area contributed by atoms with Gasteiger partial charge in [-0.1, -0.05) is 188 Å². The molecule has 0 amide bonds. The molecule has 0 radical (unpaired) electrons. The zero-order valence-corrected chi connectivity index (χ0v) is 44.2. The topological polar surface area (TPSA) is 69.9 Å². The summed E-state index contributed by atoms with van der Waals surface area (Å²) in [7, 11) is 2.02. The van der Waals surface area contributed by atoms with Gasteiger partial charge in [-0.05, 0) is 59.3 Å². The van der Waals surface area contributed by atoms with Crippen molar-refractivity contribution < 1.29 is 52.0 Å². The van der Waals surface area contributed by atoms with Gasteiger partial charge >= 0.3 is 0 Å². The second-order valence-corrected chi connectivity index (χ2v) is 16.2. The molecule has 2 atom stereocenters. The standard InChI is InChI=1S/C20H39N2O.C16H34O.C8H18N2.C2H5S.2W/c1-4-6-8-10-11-13-15-19(14-12-9-7-5-2)21-22-17-16-20(22)18(3)23;1-2-3-4-5-6-7-8-9-10-11-12-13-14-15-16-17;1-9-5-8-10-6-3-2-4-7-10;1-2-3;;/h19-20H,4-17H2,1-3H3;17H,2-16H2,1H3;9H,2-8H2,1H3;3H,1-2H2;;/q-1;;;-1;;. The van der Waals surface area contributed by atoms with Crippen LogP contribution < -0.4 is 5.32 Å². The van der Waals surface area contributed by atoms with E-state index in [0.717, 1.165) is 25.9 Å². The van der Waals surface area contributed by atoms with Crippen molar-refractivity contribution in [3.63, 3.8) is 0 Å². The van der Waals surface area contributed by atoms with Crippen LogP contribution >= 0.6 is 12.6 Å². The van der Waals surface area contributed by atoms with Gasteiger partial charge in [0.1, 0.15) is 5.78 Å². The van der Waals surface area contributed by atoms with Crippen molar-refractivity contribution in [2.24, 2.45) is 0 Å². The summed E-state index contributed by atoms with van der Waals surface area (Å²) in [5, 5.41) is 13.9. The summed E-state index contributed by atoms with van der Waals surface area (Å²) in [5.74, 6) is 0.976. The molecule has 9 heteroatoms. The molecule has 0 spiro atoms. The molecule has 2 heterocycles. The Morgan fingerprint density at radius 2 is 1.07 bits per heavy atom. The van der Waals surface area contributed by atoms with Gasteiger partial charge in [0.2, 0.25) is 0 Å². The molecule has 0 bridgehead atoms. The van der Waals surface area contributed by atoms with Crippen LogP contribution in [0.25, 0.3) is 5.43 Å². The van der Waals surface area contributed by atoms with Crippen molar-refractivity contribution in [1.29, 1.82) is 0 Å². The van der Waals surface area contributed by atoms with Gasteiger partial charge in [-0.15, -0.1) is 11.8 Å². The molecule has 2 fully saturated rings. The Bertz CT molecular complexity index is 693. The number of hydrogen-bond acceptors (Lipinski definition) is 6. The predicted molar refractivity (Wildman–Crippen MR) is 241 cm³/mol. The summed E-state index contributed by atoms with van der Waals surface area (Å²) < 4.78 is 0. The van der Waals surface area contributed by atoms with Crippen molar-refractivity contribution in [3.05, 3.63) is 12.3 Å². The molecule has 2 N–H and O–H groups in total. The van der Waals surface area contributed by atoms with Crippen LogP contribution in [0.1, 0.15) is 220 Å². The number of Topliss-reactive ketones (excluding diaryl/α,β-unsaturated/α-hetero) is 1. The molecular formula is C46H96N4O2SW2-2. The van der Waals surface area contributed by atoms with E-state index in [4.69, 9.17) is 10.5 Å². The first kappa shape index (κ1) is 62.8. The molecule has 6 nitrogen and oxygen atoms in total. The number of ketones is 1. The van der Waals surface area contributed by atoms with Crippen molar-refractivity contribution in [2.45, 2.75) is 232 Å². The number of carbonyl (C=O) groups excluding carboxylic acids is 1. The maximum atomic E-state index is 11.6. The number of unbranched alkanes of at least 4 members (excludes halogenated alkanes) is 21. The van der Waals surface area contributed by atoms with Gasteiger partial charge in [-0.2, -0.15) is 0 Å². The number of rotatable bonds is 32. The molecule has 0 aromatic carbocycles. The number of thiol groups is 1. The minimum atomic E-state index is 0. The predicted octanol–water partition coefficient (Wildman–Crippen LogP) is 12.9. The molecule has 2 saturated heterocycles. The number of aliphatic hydroxyl groups excluding tert-OH is 1. The molecule has 2 rings (SSSR count). The van der Waals surface area contributed by atoms with Crippen LogP contribution in [0.3, 0.4) is 0 Å². The maximum Gasteiger partial charge on any atom is 0.145 e. The number of aliphatic hydroxyl groups is 1. The van der Waals surface area contributed by atoms with Gasteiger partial charge in [-0.25, -0.2) is 12.6 Å². The Morgan fingerprint density at radius 1 is 0.691 bits per heavy atom. The summed E-state index contributed by atoms with van der Waals surface area (Å²) in [5.41, 5.74) is 4.93. The van der Waals surface area contributed by atoms with Crippen molar-refractivity contribution in [1.82, 2.24) is 15.2 Å². The Labute approximate surface area is 380 Å². The van der Waals surface area contributed by atoms with Crippen LogP contribution in [0.2, 0.25) is 0 Å². The van der Waals surface area contributed by atoms with Crippen LogP contribution in [-0.4, -0.2) is 85.0 Å². The molecule has 55 heavy (non-hydrogen) atoms. The first-order chi connectivity index (χ1) is 25.9. The fraction of sp³-hybridized carbons (Fsp3) is 0.957. The van der Waals surface area contributed by atoms with Crippen LogP contribution in [0.5, 0.6) is 0 Å². The van der Waals surface area contributed by atoms with Crippen molar-refractivity contribution >= 4 is 18.4 Å². The summed E-state index contributed by atoms with van der Waals surface area (Å²) in [6.45, 7) is 18.2. The van der Waals surface area contributed by atoms with E-state index in [1.165, 1.54) is 199 Å². The fourth-order valence-electron chi connectivity index (χ4n) is 7.12. The molecule has 0 saturated carbocycles. The van der Waals surface area contributed by atoms with E-state index >= 15 is 0 Å². The number of hydrogen-bond donors (Lipinski definition) is 3. The number of carbonyl (C=O) groups is 1. The third kappa shape index (κ3) is 46.1. The average Bonchev–Trinajstić information content (AvgIpc) is 3.15. The monoisotopic (exact) mass is 1140 g/mol. The minimum absolute atomic E-state index is 0. The molecule has 2 aliphatic rings. The van der Waals surface area contributed by atoms with Crippen LogP contribution in [0, 0.1) is 6.92 Å². The normalized spacial score (nSPS) is 15.7. The largest absolute Gasteiger partial charge is 0.591 e. The number of likely N-dealkylation sites (N-methyl/N-ethyl adjacent to an activating group) is 1. The number of piperidine rings is 1. The fourth-order valence-corrected chi connectivity index (χ4v) is 7.12. The maximum absolute atomic E-state index is 11.6. The second-order valence-electron chi connectivity index (χ2n) is 15.8. The van der Waals surface area contributed by atoms with E-state index in [2.05, 4.69) is 55.5 Å². The Kier molecular flexibility index (Phi) is 60.8. The van der Waals surface area contributed by atoms with E-state index in [9.17, 15) is 4.79 Å².